The Labute approximate surface area is 121 Å². The third-order valence-corrected chi connectivity index (χ3v) is 3.55. The fourth-order valence-electron chi connectivity index (χ4n) is 2.17. The average molecular weight is 279 g/mol. The molecule has 0 aliphatic rings. The molecule has 0 radical (unpaired) electrons. The molecule has 2 heteroatoms. The zero-order valence-electron chi connectivity index (χ0n) is 12.0. The van der Waals surface area contributed by atoms with Gasteiger partial charge in [0, 0.05) is 5.03 Å². The number of rotatable bonds is 6. The summed E-state index contributed by atoms with van der Waals surface area (Å²) in [6.45, 7) is 6.00. The largest absolute Gasteiger partial charge is 0.393 e. The molecular weight excluding hydrogens is 256 g/mol. The van der Waals surface area contributed by atoms with E-state index < -0.39 is 0 Å². The quantitative estimate of drug-likeness (QED) is 0.731. The van der Waals surface area contributed by atoms with Gasteiger partial charge < -0.3 is 5.11 Å². The Bertz CT molecular complexity index is 460. The van der Waals surface area contributed by atoms with Crippen LogP contribution in [0.2, 0.25) is 0 Å². The van der Waals surface area contributed by atoms with E-state index in [-0.39, 0.29) is 6.10 Å². The van der Waals surface area contributed by atoms with E-state index in [1.807, 2.05) is 32.1 Å². The second-order valence-electron chi connectivity index (χ2n) is 4.69. The highest BCUT2D eigenvalue weighted by molar-refractivity contribution is 6.36. The third kappa shape index (κ3) is 4.85. The van der Waals surface area contributed by atoms with Crippen molar-refractivity contribution in [3.05, 3.63) is 52.6 Å². The zero-order valence-corrected chi connectivity index (χ0v) is 12.7. The van der Waals surface area contributed by atoms with Gasteiger partial charge in [-0.2, -0.15) is 0 Å². The van der Waals surface area contributed by atoms with Gasteiger partial charge in [-0.1, -0.05) is 61.4 Å². The maximum atomic E-state index is 9.89. The molecule has 0 saturated carbocycles. The second-order valence-corrected chi connectivity index (χ2v) is 5.09. The first-order valence-corrected chi connectivity index (χ1v) is 7.26. The molecule has 1 rings (SSSR count). The van der Waals surface area contributed by atoms with E-state index in [2.05, 4.69) is 25.1 Å². The lowest BCUT2D eigenvalue weighted by Crippen LogP contribution is -2.09. The highest BCUT2D eigenvalue weighted by Crippen LogP contribution is 2.26. The van der Waals surface area contributed by atoms with Crippen LogP contribution < -0.4 is 0 Å². The predicted molar refractivity (Wildman–Crippen MR) is 84.3 cm³/mol. The maximum absolute atomic E-state index is 9.89. The predicted octanol–water partition coefficient (Wildman–Crippen LogP) is 4.94. The van der Waals surface area contributed by atoms with Gasteiger partial charge in [0.1, 0.15) is 0 Å². The van der Waals surface area contributed by atoms with Crippen LogP contribution in [0.1, 0.15) is 44.7 Å². The molecule has 1 N–H and O–H groups in total. The van der Waals surface area contributed by atoms with Gasteiger partial charge in [-0.25, -0.2) is 0 Å². The molecule has 0 aliphatic heterocycles. The lowest BCUT2D eigenvalue weighted by atomic mass is 9.98. The van der Waals surface area contributed by atoms with Crippen LogP contribution in [-0.4, -0.2) is 11.2 Å². The smallest absolute Gasteiger partial charge is 0.0580 e. The molecule has 0 aromatic heterocycles. The van der Waals surface area contributed by atoms with E-state index in [1.54, 1.807) is 0 Å². The Hall–Kier alpha value is -1.05. The van der Waals surface area contributed by atoms with E-state index in [0.29, 0.717) is 6.42 Å². The molecular formula is C17H23ClO. The van der Waals surface area contributed by atoms with E-state index in [1.165, 1.54) is 0 Å². The molecule has 0 amide bonds. The van der Waals surface area contributed by atoms with Crippen LogP contribution in [0, 0.1) is 0 Å². The van der Waals surface area contributed by atoms with Crippen molar-refractivity contribution >= 4 is 17.2 Å². The summed E-state index contributed by atoms with van der Waals surface area (Å²) >= 11 is 6.22. The van der Waals surface area contributed by atoms with E-state index in [4.69, 9.17) is 11.6 Å². The van der Waals surface area contributed by atoms with Gasteiger partial charge in [0.25, 0.3) is 0 Å². The monoisotopic (exact) mass is 278 g/mol. The molecule has 0 aliphatic carbocycles. The first kappa shape index (κ1) is 16.0. The minimum absolute atomic E-state index is 0.258. The minimum Gasteiger partial charge on any atom is -0.393 e. The van der Waals surface area contributed by atoms with Gasteiger partial charge in [-0.3, -0.25) is 0 Å². The van der Waals surface area contributed by atoms with Gasteiger partial charge in [0.05, 0.1) is 6.10 Å². The lowest BCUT2D eigenvalue weighted by molar-refractivity contribution is 0.164. The average Bonchev–Trinajstić information content (AvgIpc) is 2.40. The van der Waals surface area contributed by atoms with E-state index in [0.717, 1.165) is 34.6 Å². The van der Waals surface area contributed by atoms with Crippen LogP contribution in [0.25, 0.3) is 5.57 Å². The molecule has 1 unspecified atom stereocenters. The number of allylic oxidation sites excluding steroid dienone is 4. The van der Waals surface area contributed by atoms with Crippen LogP contribution in [0.3, 0.4) is 0 Å². The van der Waals surface area contributed by atoms with Crippen molar-refractivity contribution in [1.29, 1.82) is 0 Å². The number of halogens is 1. The zero-order chi connectivity index (χ0) is 14.3. The molecule has 0 spiro atoms. The molecule has 1 nitrogen and oxygen atoms in total. The van der Waals surface area contributed by atoms with Gasteiger partial charge in [0.2, 0.25) is 0 Å². The molecule has 1 atom stereocenters. The number of aliphatic hydroxyl groups is 1. The van der Waals surface area contributed by atoms with Crippen molar-refractivity contribution in [2.45, 2.75) is 46.1 Å². The molecule has 0 bridgehead atoms. The number of aliphatic hydroxyl groups excluding tert-OH is 1. The second kappa shape index (κ2) is 8.19. The van der Waals surface area contributed by atoms with Crippen molar-refractivity contribution in [2.75, 3.05) is 0 Å². The van der Waals surface area contributed by atoms with Gasteiger partial charge in [-0.15, -0.1) is 0 Å². The fourth-order valence-corrected chi connectivity index (χ4v) is 2.39. The van der Waals surface area contributed by atoms with Crippen LogP contribution in [0.4, 0.5) is 0 Å². The molecule has 0 fully saturated rings. The Morgan fingerprint density at radius 1 is 1.32 bits per heavy atom. The lowest BCUT2D eigenvalue weighted by Gasteiger charge is -2.12. The minimum atomic E-state index is -0.258. The van der Waals surface area contributed by atoms with Crippen molar-refractivity contribution in [2.24, 2.45) is 0 Å². The molecule has 104 valence electrons. The Morgan fingerprint density at radius 3 is 2.63 bits per heavy atom. The summed E-state index contributed by atoms with van der Waals surface area (Å²) in [5.41, 5.74) is 3.29. The Kier molecular flexibility index (Phi) is 6.90. The summed E-state index contributed by atoms with van der Waals surface area (Å²) in [6, 6.07) is 8.24. The first-order valence-electron chi connectivity index (χ1n) is 6.88. The molecule has 19 heavy (non-hydrogen) atoms. The fraction of sp³-hybridized carbons (Fsp3) is 0.412. The summed E-state index contributed by atoms with van der Waals surface area (Å²) in [5, 5.41) is 10.7. The first-order chi connectivity index (χ1) is 9.12. The maximum Gasteiger partial charge on any atom is 0.0580 e. The van der Waals surface area contributed by atoms with E-state index in [9.17, 15) is 5.11 Å². The molecule has 1 aromatic carbocycles. The number of hydrogen-bond acceptors (Lipinski definition) is 1. The molecule has 0 heterocycles. The summed E-state index contributed by atoms with van der Waals surface area (Å²) in [4.78, 5) is 0. The highest BCUT2D eigenvalue weighted by atomic mass is 35.5. The molecule has 0 saturated heterocycles. The summed E-state index contributed by atoms with van der Waals surface area (Å²) in [5.74, 6) is 0. The Balaban J connectivity index is 2.94. The third-order valence-electron chi connectivity index (χ3n) is 3.13. The topological polar surface area (TPSA) is 20.2 Å². The van der Waals surface area contributed by atoms with Gasteiger partial charge in [0.15, 0.2) is 0 Å². The van der Waals surface area contributed by atoms with Crippen molar-refractivity contribution in [1.82, 2.24) is 0 Å². The van der Waals surface area contributed by atoms with Crippen LogP contribution >= 0.6 is 11.6 Å². The summed E-state index contributed by atoms with van der Waals surface area (Å²) in [6.07, 6.45) is 6.21. The molecule has 1 aromatic rings. The van der Waals surface area contributed by atoms with Crippen molar-refractivity contribution in [3.8, 4) is 0 Å². The number of hydrogen-bond donors (Lipinski definition) is 1. The normalized spacial score (nSPS) is 14.6. The van der Waals surface area contributed by atoms with Gasteiger partial charge in [-0.05, 0) is 43.4 Å². The standard InChI is InChI=1S/C17H23ClO/c1-4-8-15(19)12-13-9-7-10-14(11-13)16(5-2)17(18)6-3/h5-7,9-11,15,19H,4,8,12H2,1-3H3/b16-5-,17-6+. The van der Waals surface area contributed by atoms with Crippen LogP contribution in [0.15, 0.2) is 41.4 Å². The highest BCUT2D eigenvalue weighted by Gasteiger charge is 2.08. The van der Waals surface area contributed by atoms with Crippen LogP contribution in [-0.2, 0) is 6.42 Å². The van der Waals surface area contributed by atoms with Crippen molar-refractivity contribution < 1.29 is 5.11 Å². The van der Waals surface area contributed by atoms with Crippen molar-refractivity contribution in [3.63, 3.8) is 0 Å². The summed E-state index contributed by atoms with van der Waals surface area (Å²) < 4.78 is 0. The Morgan fingerprint density at radius 2 is 2.05 bits per heavy atom. The SMILES string of the molecule is C/C=C(\C(Cl)=C/C)c1cccc(CC(O)CCC)c1. The van der Waals surface area contributed by atoms with Gasteiger partial charge >= 0.3 is 0 Å². The van der Waals surface area contributed by atoms with Crippen LogP contribution in [0.5, 0.6) is 0 Å². The van der Waals surface area contributed by atoms with E-state index >= 15 is 0 Å². The summed E-state index contributed by atoms with van der Waals surface area (Å²) in [7, 11) is 0. The number of benzene rings is 1.